The summed E-state index contributed by atoms with van der Waals surface area (Å²) in [6.07, 6.45) is 13.4. The van der Waals surface area contributed by atoms with E-state index in [1.54, 1.807) is 0 Å². The Balaban J connectivity index is 0.000000150. The van der Waals surface area contributed by atoms with Gasteiger partial charge in [0.25, 0.3) is 23.3 Å². The summed E-state index contributed by atoms with van der Waals surface area (Å²) < 4.78 is 31.5. The Morgan fingerprint density at radius 2 is 0.822 bits per heavy atom. The number of fused-ring (bicyclic) bond motifs is 7. The van der Waals surface area contributed by atoms with E-state index in [1.165, 1.54) is 135 Å². The van der Waals surface area contributed by atoms with Crippen molar-refractivity contribution in [1.82, 2.24) is 66.9 Å². The Kier molecular flexibility index (Phi) is 24.3. The van der Waals surface area contributed by atoms with Crippen molar-refractivity contribution in [3.05, 3.63) is 165 Å². The molecule has 0 bridgehead atoms. The third-order valence-corrected chi connectivity index (χ3v) is 21.4. The highest BCUT2D eigenvalue weighted by Gasteiger charge is 2.27. The minimum atomic E-state index is 0.994. The fourth-order valence-electron chi connectivity index (χ4n) is 14.6. The Morgan fingerprint density at radius 1 is 0.337 bits per heavy atom. The number of hydrogen-bond acceptors (Lipinski definition) is 7. The molecule has 0 aliphatic carbocycles. The molecular formula is C80H118N21+7. The summed E-state index contributed by atoms with van der Waals surface area (Å²) in [6, 6.07) is 8.43. The van der Waals surface area contributed by atoms with Crippen LogP contribution in [0.4, 0.5) is 0 Å². The molecule has 0 amide bonds. The van der Waals surface area contributed by atoms with Gasteiger partial charge in [-0.1, -0.05) is 0 Å². The van der Waals surface area contributed by atoms with E-state index in [2.05, 4.69) is 320 Å². The molecule has 0 aromatic carbocycles. The van der Waals surface area contributed by atoms with Crippen LogP contribution in [0.5, 0.6) is 0 Å². The van der Waals surface area contributed by atoms with Crippen LogP contribution in [0.15, 0.2) is 67.6 Å². The molecule has 0 aliphatic heterocycles. The zero-order valence-electron chi connectivity index (χ0n) is 67.2. The SMILES string of the molecule is CC[n+]1c(C)n(C)c2cnc(C)cc21.CC[n+]1c(C)n(C)c2cncc(C)c21.CC[n+]1c(C)n(C)c2cnccc21.CCn1c(C)[n+](C)c2c(C)nccc21.CCn1c(C)[n+](C)c2nc(C)c(C)c(C)c21.CCn1c(C)[n+](C)c2nc(C)cc(C)c21.CCn1c(C)[n+](C)c2ncc(C)c(C)c21. The van der Waals surface area contributed by atoms with Crippen LogP contribution in [0, 0.1) is 118 Å². The van der Waals surface area contributed by atoms with Gasteiger partial charge in [0.2, 0.25) is 17.5 Å². The molecule has 14 aromatic rings. The van der Waals surface area contributed by atoms with Crippen LogP contribution in [-0.2, 0) is 95.1 Å². The summed E-state index contributed by atoms with van der Waals surface area (Å²) in [5.74, 6) is 8.87. The standard InChI is InChI=1S/C13H20N3.2C12H18N3.3C11H16N3.C10H14N3/c1-7-16-11(5)15(6)13-12(16)9(3)8(2)10(4)14-13;1-6-15-10(4)14(5)12-11(15)9(3)8(2)7-13-12;1-6-15-10(4)14(5)12-11(15)8(2)7-9(3)13-12;1-5-14-9(3)13(4)10-7-12-6-8(2)11(10)14;1-5-14-9(3)13(4)11-7-12-8(2)6-10(11)14;1-5-14-9(3)13(4)11-8(2)12-7-6-10(11)14;1-4-13-8(2)12(3)10-7-11-6-5-9(10)13/h7H2,1-6H3;2*7H,6H2,1-5H3;3*6-7H,5H2,1-4H3;5-7H,4H2,1-3H3/q7*+1. The molecule has 14 heterocycles. The molecular weight excluding hydrogens is 1260 g/mol. The van der Waals surface area contributed by atoms with E-state index in [-0.39, 0.29) is 0 Å². The second kappa shape index (κ2) is 31.9. The number of imidazole rings is 7. The monoisotopic (exact) mass is 1370 g/mol. The molecule has 14 aromatic heterocycles. The maximum atomic E-state index is 4.71. The van der Waals surface area contributed by atoms with Gasteiger partial charge in [0.1, 0.15) is 17.6 Å². The molecule has 101 heavy (non-hydrogen) atoms. The molecule has 0 saturated carbocycles. The molecule has 0 fully saturated rings. The fourth-order valence-corrected chi connectivity index (χ4v) is 14.6. The summed E-state index contributed by atoms with van der Waals surface area (Å²) in [5.41, 5.74) is 29.3. The van der Waals surface area contributed by atoms with E-state index >= 15 is 0 Å². The molecule has 0 aliphatic rings. The van der Waals surface area contributed by atoms with E-state index in [0.717, 1.165) is 85.5 Å². The predicted octanol–water partition coefficient (Wildman–Crippen LogP) is 11.4. The van der Waals surface area contributed by atoms with Gasteiger partial charge in [0.05, 0.1) is 119 Å². The second-order valence-electron chi connectivity index (χ2n) is 26.8. The molecule has 21 nitrogen and oxygen atoms in total. The first-order valence-electron chi connectivity index (χ1n) is 36.0. The summed E-state index contributed by atoms with van der Waals surface area (Å²) in [4.78, 5) is 30.8. The lowest BCUT2D eigenvalue weighted by atomic mass is 10.1. The van der Waals surface area contributed by atoms with Crippen LogP contribution >= 0.6 is 0 Å². The van der Waals surface area contributed by atoms with Gasteiger partial charge in [-0.25, -0.2) is 50.2 Å². The first-order valence-corrected chi connectivity index (χ1v) is 36.0. The zero-order chi connectivity index (χ0) is 74.7. The van der Waals surface area contributed by atoms with Gasteiger partial charge in [0.15, 0.2) is 60.7 Å². The normalized spacial score (nSPS) is 11.2. The Bertz CT molecular complexity index is 5350. The minimum absolute atomic E-state index is 0.994. The summed E-state index contributed by atoms with van der Waals surface area (Å²) >= 11 is 0. The number of pyridine rings is 7. The highest BCUT2D eigenvalue weighted by Crippen LogP contribution is 2.24. The predicted molar refractivity (Wildman–Crippen MR) is 407 cm³/mol. The number of hydrogen-bond donors (Lipinski definition) is 0. The summed E-state index contributed by atoms with van der Waals surface area (Å²) in [5, 5.41) is 0. The number of aromatic nitrogens is 21. The molecule has 536 valence electrons. The van der Waals surface area contributed by atoms with Crippen molar-refractivity contribution in [3.63, 3.8) is 0 Å². The minimum Gasteiger partial charge on any atom is -0.260 e. The van der Waals surface area contributed by atoms with Gasteiger partial charge < -0.3 is 0 Å². The lowest BCUT2D eigenvalue weighted by Crippen LogP contribution is -2.35. The zero-order valence-corrected chi connectivity index (χ0v) is 67.2. The van der Waals surface area contributed by atoms with E-state index < -0.39 is 0 Å². The van der Waals surface area contributed by atoms with Crippen LogP contribution in [-0.4, -0.2) is 66.9 Å². The third-order valence-electron chi connectivity index (χ3n) is 21.4. The van der Waals surface area contributed by atoms with E-state index in [9.17, 15) is 0 Å². The van der Waals surface area contributed by atoms with Gasteiger partial charge in [-0.15, -0.1) is 15.0 Å². The number of nitrogens with zero attached hydrogens (tertiary/aromatic N) is 21. The largest absolute Gasteiger partial charge is 0.302 e. The van der Waals surface area contributed by atoms with Crippen LogP contribution in [0.25, 0.3) is 77.6 Å². The number of aryl methyl sites for hydroxylation is 23. The highest BCUT2D eigenvalue weighted by atomic mass is 15.2. The van der Waals surface area contributed by atoms with Gasteiger partial charge in [-0.2, -0.15) is 0 Å². The lowest BCUT2D eigenvalue weighted by Gasteiger charge is -2.02. The highest BCUT2D eigenvalue weighted by molar-refractivity contribution is 5.77. The fraction of sp³-hybridized carbons (Fsp3) is 0.475. The van der Waals surface area contributed by atoms with Gasteiger partial charge in [-0.05, 0) is 140 Å². The van der Waals surface area contributed by atoms with Gasteiger partial charge in [-0.3, -0.25) is 33.6 Å². The quantitative estimate of drug-likeness (QED) is 0.144. The number of rotatable bonds is 7. The Morgan fingerprint density at radius 3 is 1.39 bits per heavy atom. The smallest absolute Gasteiger partial charge is 0.260 e. The van der Waals surface area contributed by atoms with Crippen molar-refractivity contribution in [1.29, 1.82) is 0 Å². The van der Waals surface area contributed by atoms with Crippen molar-refractivity contribution in [2.24, 2.45) is 49.3 Å². The first-order chi connectivity index (χ1) is 47.8. The van der Waals surface area contributed by atoms with Crippen LogP contribution in [0.2, 0.25) is 0 Å². The molecule has 0 atom stereocenters. The first kappa shape index (κ1) is 77.1. The van der Waals surface area contributed by atoms with Crippen molar-refractivity contribution >= 4 is 77.6 Å². The van der Waals surface area contributed by atoms with Crippen LogP contribution in [0.3, 0.4) is 0 Å². The molecule has 21 heteroatoms. The molecule has 0 saturated heterocycles. The molecule has 0 N–H and O–H groups in total. The lowest BCUT2D eigenvalue weighted by molar-refractivity contribution is -0.675. The maximum Gasteiger partial charge on any atom is 0.302 e. The van der Waals surface area contributed by atoms with E-state index in [4.69, 9.17) is 4.98 Å². The average molecular weight is 1370 g/mol. The van der Waals surface area contributed by atoms with Gasteiger partial charge in [0, 0.05) is 108 Å². The third kappa shape index (κ3) is 14.4. The molecule has 0 spiro atoms. The van der Waals surface area contributed by atoms with Crippen molar-refractivity contribution in [2.45, 2.75) is 212 Å². The van der Waals surface area contributed by atoms with Crippen LogP contribution < -0.4 is 32.0 Å². The summed E-state index contributed by atoms with van der Waals surface area (Å²) in [7, 11) is 14.6. The molecule has 0 unspecified atom stereocenters. The van der Waals surface area contributed by atoms with E-state index in [1.807, 2.05) is 57.2 Å². The van der Waals surface area contributed by atoms with Crippen molar-refractivity contribution in [3.8, 4) is 0 Å². The Labute approximate surface area is 599 Å². The molecule has 14 rings (SSSR count). The maximum absolute atomic E-state index is 4.71. The Hall–Kier alpha value is -9.66. The average Bonchev–Trinajstić information content (AvgIpc) is 1.60. The van der Waals surface area contributed by atoms with Crippen LogP contribution in [0.1, 0.15) is 145 Å². The molecule has 0 radical (unpaired) electrons. The van der Waals surface area contributed by atoms with Crippen molar-refractivity contribution < 1.29 is 32.0 Å². The van der Waals surface area contributed by atoms with E-state index in [0.29, 0.717) is 0 Å². The topological polar surface area (TPSA) is 152 Å². The van der Waals surface area contributed by atoms with Gasteiger partial charge >= 0.3 is 16.9 Å². The van der Waals surface area contributed by atoms with Crippen molar-refractivity contribution in [2.75, 3.05) is 0 Å². The summed E-state index contributed by atoms with van der Waals surface area (Å²) in [6.45, 7) is 58.3. The second-order valence-corrected chi connectivity index (χ2v) is 26.8.